The van der Waals surface area contributed by atoms with E-state index in [-0.39, 0.29) is 11.9 Å². The lowest BCUT2D eigenvalue weighted by molar-refractivity contribution is 0.271. The van der Waals surface area contributed by atoms with Gasteiger partial charge in [-0.15, -0.1) is 0 Å². The van der Waals surface area contributed by atoms with Gasteiger partial charge in [-0.25, -0.2) is 4.39 Å². The second-order valence-electron chi connectivity index (χ2n) is 6.22. The molecule has 2 heteroatoms. The summed E-state index contributed by atoms with van der Waals surface area (Å²) < 4.78 is 12.9. The topological polar surface area (TPSA) is 12.0 Å². The first-order valence-corrected chi connectivity index (χ1v) is 7.70. The third kappa shape index (κ3) is 3.33. The Balaban J connectivity index is 1.52. The highest BCUT2D eigenvalue weighted by molar-refractivity contribution is 5.27. The van der Waals surface area contributed by atoms with Gasteiger partial charge < -0.3 is 5.32 Å². The Hall–Kier alpha value is -1.67. The highest BCUT2D eigenvalue weighted by Gasteiger charge is 2.30. The molecule has 1 N–H and O–H groups in total. The molecule has 0 unspecified atom stereocenters. The van der Waals surface area contributed by atoms with Gasteiger partial charge in [-0.1, -0.05) is 42.0 Å². The van der Waals surface area contributed by atoms with Gasteiger partial charge in [0.2, 0.25) is 0 Å². The molecular formula is C19H22FN. The lowest BCUT2D eigenvalue weighted by Gasteiger charge is -2.38. The Kier molecular flexibility index (Phi) is 4.07. The van der Waals surface area contributed by atoms with E-state index in [4.69, 9.17) is 0 Å². The highest BCUT2D eigenvalue weighted by atomic mass is 19.1. The Morgan fingerprint density at radius 2 is 1.62 bits per heavy atom. The third-order valence-electron chi connectivity index (χ3n) is 4.54. The standard InChI is InChI=1S/C19H22FN/c1-13-3-5-16(6-4-13)17-11-19(12-17)21-14(2)15-7-9-18(20)10-8-15/h3-10,14,17,19,21H,11-12H2,1-2H3/t14-,17?,19?/m0/s1. The van der Waals surface area contributed by atoms with Gasteiger partial charge in [-0.2, -0.15) is 0 Å². The van der Waals surface area contributed by atoms with Crippen LogP contribution < -0.4 is 5.32 Å². The number of hydrogen-bond acceptors (Lipinski definition) is 1. The number of hydrogen-bond donors (Lipinski definition) is 1. The first kappa shape index (κ1) is 14.3. The summed E-state index contributed by atoms with van der Waals surface area (Å²) in [6, 6.07) is 16.5. The minimum Gasteiger partial charge on any atom is -0.307 e. The van der Waals surface area contributed by atoms with Crippen molar-refractivity contribution in [3.63, 3.8) is 0 Å². The van der Waals surface area contributed by atoms with E-state index in [2.05, 4.69) is 43.4 Å². The molecule has 1 nitrogen and oxygen atoms in total. The molecule has 0 amide bonds. The lowest BCUT2D eigenvalue weighted by Crippen LogP contribution is -2.41. The van der Waals surface area contributed by atoms with E-state index in [0.717, 1.165) is 5.56 Å². The van der Waals surface area contributed by atoms with Gasteiger partial charge in [-0.05, 0) is 55.9 Å². The summed E-state index contributed by atoms with van der Waals surface area (Å²) in [5.41, 5.74) is 3.92. The van der Waals surface area contributed by atoms with Crippen molar-refractivity contribution in [1.82, 2.24) is 5.32 Å². The summed E-state index contributed by atoms with van der Waals surface area (Å²) in [6.45, 7) is 4.27. The second-order valence-corrected chi connectivity index (χ2v) is 6.22. The van der Waals surface area contributed by atoms with Gasteiger partial charge in [0.1, 0.15) is 5.82 Å². The molecule has 0 radical (unpaired) electrons. The van der Waals surface area contributed by atoms with Crippen LogP contribution in [0, 0.1) is 12.7 Å². The normalized spacial score (nSPS) is 22.6. The maximum Gasteiger partial charge on any atom is 0.123 e. The van der Waals surface area contributed by atoms with Crippen molar-refractivity contribution >= 4 is 0 Å². The Bertz CT molecular complexity index is 582. The highest BCUT2D eigenvalue weighted by Crippen LogP contribution is 2.37. The average Bonchev–Trinajstić information content (AvgIpc) is 2.44. The van der Waals surface area contributed by atoms with Gasteiger partial charge in [0.05, 0.1) is 0 Å². The number of rotatable bonds is 4. The van der Waals surface area contributed by atoms with Gasteiger partial charge >= 0.3 is 0 Å². The quantitative estimate of drug-likeness (QED) is 0.855. The molecular weight excluding hydrogens is 261 g/mol. The first-order valence-electron chi connectivity index (χ1n) is 7.70. The largest absolute Gasteiger partial charge is 0.307 e. The van der Waals surface area contributed by atoms with E-state index < -0.39 is 0 Å². The van der Waals surface area contributed by atoms with Crippen LogP contribution in [0.2, 0.25) is 0 Å². The van der Waals surface area contributed by atoms with Crippen molar-refractivity contribution < 1.29 is 4.39 Å². The van der Waals surface area contributed by atoms with Crippen LogP contribution in [-0.4, -0.2) is 6.04 Å². The Morgan fingerprint density at radius 1 is 1.00 bits per heavy atom. The number of halogens is 1. The molecule has 1 aliphatic rings. The van der Waals surface area contributed by atoms with Gasteiger partial charge in [0.15, 0.2) is 0 Å². The predicted molar refractivity (Wildman–Crippen MR) is 84.9 cm³/mol. The molecule has 1 atom stereocenters. The van der Waals surface area contributed by atoms with Crippen LogP contribution in [0.25, 0.3) is 0 Å². The van der Waals surface area contributed by atoms with Crippen LogP contribution in [0.5, 0.6) is 0 Å². The molecule has 1 aliphatic carbocycles. The fraction of sp³-hybridized carbons (Fsp3) is 0.368. The molecule has 0 spiro atoms. The summed E-state index contributed by atoms with van der Waals surface area (Å²) in [6.07, 6.45) is 2.38. The van der Waals surface area contributed by atoms with Crippen LogP contribution in [-0.2, 0) is 0 Å². The zero-order chi connectivity index (χ0) is 14.8. The van der Waals surface area contributed by atoms with Crippen LogP contribution in [0.1, 0.15) is 48.4 Å². The van der Waals surface area contributed by atoms with Gasteiger partial charge in [0.25, 0.3) is 0 Å². The average molecular weight is 283 g/mol. The maximum absolute atomic E-state index is 12.9. The second kappa shape index (κ2) is 5.98. The minimum atomic E-state index is -0.172. The van der Waals surface area contributed by atoms with Crippen LogP contribution in [0.3, 0.4) is 0 Å². The molecule has 0 aromatic heterocycles. The third-order valence-corrected chi connectivity index (χ3v) is 4.54. The molecule has 0 bridgehead atoms. The van der Waals surface area contributed by atoms with Crippen molar-refractivity contribution in [3.05, 3.63) is 71.0 Å². The Labute approximate surface area is 126 Å². The minimum absolute atomic E-state index is 0.172. The molecule has 1 saturated carbocycles. The summed E-state index contributed by atoms with van der Waals surface area (Å²) in [4.78, 5) is 0. The molecule has 0 saturated heterocycles. The summed E-state index contributed by atoms with van der Waals surface area (Å²) in [7, 11) is 0. The van der Waals surface area contributed by atoms with Gasteiger partial charge in [0, 0.05) is 12.1 Å². The summed E-state index contributed by atoms with van der Waals surface area (Å²) in [5, 5.41) is 3.64. The maximum atomic E-state index is 12.9. The van der Waals surface area contributed by atoms with Crippen molar-refractivity contribution in [2.75, 3.05) is 0 Å². The van der Waals surface area contributed by atoms with E-state index >= 15 is 0 Å². The molecule has 2 aromatic carbocycles. The van der Waals surface area contributed by atoms with E-state index in [0.29, 0.717) is 12.0 Å². The Morgan fingerprint density at radius 3 is 2.24 bits per heavy atom. The fourth-order valence-corrected chi connectivity index (χ4v) is 3.07. The molecule has 2 aromatic rings. The van der Waals surface area contributed by atoms with Gasteiger partial charge in [-0.3, -0.25) is 0 Å². The van der Waals surface area contributed by atoms with E-state index in [1.165, 1.54) is 36.1 Å². The van der Waals surface area contributed by atoms with Crippen molar-refractivity contribution in [3.8, 4) is 0 Å². The molecule has 21 heavy (non-hydrogen) atoms. The van der Waals surface area contributed by atoms with Crippen molar-refractivity contribution in [1.29, 1.82) is 0 Å². The van der Waals surface area contributed by atoms with Crippen LogP contribution >= 0.6 is 0 Å². The molecule has 110 valence electrons. The van der Waals surface area contributed by atoms with E-state index in [1.54, 1.807) is 0 Å². The zero-order valence-electron chi connectivity index (χ0n) is 12.6. The SMILES string of the molecule is Cc1ccc(C2CC(N[C@@H](C)c3ccc(F)cc3)C2)cc1. The predicted octanol–water partition coefficient (Wildman–Crippen LogP) is 4.73. The molecule has 0 heterocycles. The lowest BCUT2D eigenvalue weighted by atomic mass is 9.75. The monoisotopic (exact) mass is 283 g/mol. The molecule has 3 rings (SSSR count). The van der Waals surface area contributed by atoms with Crippen LogP contribution in [0.4, 0.5) is 4.39 Å². The molecule has 0 aliphatic heterocycles. The van der Waals surface area contributed by atoms with Crippen LogP contribution in [0.15, 0.2) is 48.5 Å². The summed E-state index contributed by atoms with van der Waals surface area (Å²) in [5.74, 6) is 0.512. The van der Waals surface area contributed by atoms with Crippen molar-refractivity contribution in [2.45, 2.75) is 44.7 Å². The summed E-state index contributed by atoms with van der Waals surface area (Å²) >= 11 is 0. The number of aryl methyl sites for hydroxylation is 1. The fourth-order valence-electron chi connectivity index (χ4n) is 3.07. The van der Waals surface area contributed by atoms with E-state index in [1.807, 2.05) is 12.1 Å². The number of nitrogens with one attached hydrogen (secondary N) is 1. The number of benzene rings is 2. The smallest absolute Gasteiger partial charge is 0.123 e. The van der Waals surface area contributed by atoms with E-state index in [9.17, 15) is 4.39 Å². The molecule has 1 fully saturated rings. The zero-order valence-corrected chi connectivity index (χ0v) is 12.6. The first-order chi connectivity index (χ1) is 10.1. The van der Waals surface area contributed by atoms with Crippen molar-refractivity contribution in [2.24, 2.45) is 0 Å².